The maximum Gasteiger partial charge on any atom is 0.227 e. The highest BCUT2D eigenvalue weighted by Crippen LogP contribution is 2.33. The number of ether oxygens (including phenoxy) is 2. The smallest absolute Gasteiger partial charge is 0.227 e. The van der Waals surface area contributed by atoms with Crippen LogP contribution in [0, 0.1) is 0 Å². The first-order valence-corrected chi connectivity index (χ1v) is 9.97. The Balaban J connectivity index is 0.00000155. The van der Waals surface area contributed by atoms with Crippen molar-refractivity contribution >= 4 is 29.0 Å². The van der Waals surface area contributed by atoms with E-state index in [9.17, 15) is 4.79 Å². The van der Waals surface area contributed by atoms with Crippen LogP contribution in [0.25, 0.3) is 11.5 Å². The average molecular weight is 452 g/mol. The standard InChI is InChI=1S/C19H17Cl2N3O4.C2H6/c1-26-15-4-3-10(5-16(15)27-2)19-24-18(17(7-22)28-19)14(25)6-11-12(20)8-23-9-13(11)21;1-2/h3-5,8-9H,6-7,22H2,1-2H3;1-2H3. The van der Waals surface area contributed by atoms with Crippen LogP contribution in [-0.2, 0) is 13.0 Å². The number of hydrogen-bond donors (Lipinski definition) is 1. The fourth-order valence-electron chi connectivity index (χ4n) is 2.65. The molecule has 0 aliphatic carbocycles. The van der Waals surface area contributed by atoms with Gasteiger partial charge in [-0.25, -0.2) is 4.98 Å². The van der Waals surface area contributed by atoms with Gasteiger partial charge in [-0.2, -0.15) is 0 Å². The minimum atomic E-state index is -0.314. The molecule has 3 rings (SSSR count). The van der Waals surface area contributed by atoms with Crippen LogP contribution in [0.1, 0.15) is 35.7 Å². The van der Waals surface area contributed by atoms with E-state index in [1.807, 2.05) is 13.8 Å². The van der Waals surface area contributed by atoms with Gasteiger partial charge in [0.25, 0.3) is 0 Å². The Labute approximate surface area is 185 Å². The highest BCUT2D eigenvalue weighted by atomic mass is 35.5. The number of nitrogens with zero attached hydrogens (tertiary/aromatic N) is 2. The molecule has 9 heteroatoms. The van der Waals surface area contributed by atoms with E-state index in [2.05, 4.69) is 9.97 Å². The van der Waals surface area contributed by atoms with Gasteiger partial charge >= 0.3 is 0 Å². The molecule has 7 nitrogen and oxygen atoms in total. The number of nitrogens with two attached hydrogens (primary N) is 1. The van der Waals surface area contributed by atoms with Gasteiger partial charge in [-0.3, -0.25) is 9.78 Å². The molecule has 1 aromatic carbocycles. The van der Waals surface area contributed by atoms with E-state index in [0.717, 1.165) is 0 Å². The quantitative estimate of drug-likeness (QED) is 0.505. The maximum atomic E-state index is 12.8. The van der Waals surface area contributed by atoms with E-state index in [0.29, 0.717) is 32.7 Å². The zero-order valence-corrected chi connectivity index (χ0v) is 18.7. The van der Waals surface area contributed by atoms with E-state index in [-0.39, 0.29) is 36.1 Å². The predicted molar refractivity (Wildman–Crippen MR) is 117 cm³/mol. The van der Waals surface area contributed by atoms with Crippen LogP contribution >= 0.6 is 23.2 Å². The number of aromatic nitrogens is 2. The number of Topliss-reactive ketones (excluding diaryl/α,β-unsaturated/α-hetero) is 1. The van der Waals surface area contributed by atoms with Crippen LogP contribution in [-0.4, -0.2) is 30.0 Å². The zero-order valence-electron chi connectivity index (χ0n) is 17.2. The van der Waals surface area contributed by atoms with Crippen molar-refractivity contribution < 1.29 is 18.7 Å². The number of pyridine rings is 1. The van der Waals surface area contributed by atoms with Gasteiger partial charge in [-0.1, -0.05) is 37.0 Å². The summed E-state index contributed by atoms with van der Waals surface area (Å²) in [5, 5.41) is 0.609. The van der Waals surface area contributed by atoms with E-state index in [1.165, 1.54) is 19.5 Å². The van der Waals surface area contributed by atoms with Crippen molar-refractivity contribution in [2.24, 2.45) is 5.73 Å². The molecule has 2 N–H and O–H groups in total. The summed E-state index contributed by atoms with van der Waals surface area (Å²) in [4.78, 5) is 21.0. The number of ketones is 1. The van der Waals surface area contributed by atoms with Crippen LogP contribution < -0.4 is 15.2 Å². The Bertz CT molecular complexity index is 1000. The van der Waals surface area contributed by atoms with Gasteiger partial charge < -0.3 is 19.6 Å². The third kappa shape index (κ3) is 5.11. The number of methoxy groups -OCH3 is 2. The molecule has 30 heavy (non-hydrogen) atoms. The SMILES string of the molecule is CC.COc1ccc(-c2nc(C(=O)Cc3c(Cl)cncc3Cl)c(CN)o2)cc1OC. The lowest BCUT2D eigenvalue weighted by atomic mass is 10.1. The Kier molecular flexibility index (Phi) is 8.65. The Morgan fingerprint density at radius 2 is 1.73 bits per heavy atom. The summed E-state index contributed by atoms with van der Waals surface area (Å²) in [5.41, 5.74) is 6.97. The number of halogens is 2. The Hall–Kier alpha value is -2.61. The second kappa shape index (κ2) is 11.0. The van der Waals surface area contributed by atoms with Crippen LogP contribution in [0.3, 0.4) is 0 Å². The number of oxazole rings is 1. The van der Waals surface area contributed by atoms with Gasteiger partial charge in [0.1, 0.15) is 5.76 Å². The molecule has 0 unspecified atom stereocenters. The molecule has 0 atom stereocenters. The lowest BCUT2D eigenvalue weighted by molar-refractivity contribution is 0.0987. The zero-order chi connectivity index (χ0) is 22.3. The minimum Gasteiger partial charge on any atom is -0.493 e. The highest BCUT2D eigenvalue weighted by Gasteiger charge is 2.22. The van der Waals surface area contributed by atoms with Crippen LogP contribution in [0.4, 0.5) is 0 Å². The monoisotopic (exact) mass is 451 g/mol. The first kappa shape index (κ1) is 23.7. The molecule has 2 heterocycles. The van der Waals surface area contributed by atoms with E-state index in [1.54, 1.807) is 25.3 Å². The topological polar surface area (TPSA) is 100 Å². The molecular weight excluding hydrogens is 429 g/mol. The number of rotatable bonds is 7. The molecule has 0 saturated carbocycles. The van der Waals surface area contributed by atoms with E-state index < -0.39 is 0 Å². The third-order valence-corrected chi connectivity index (χ3v) is 4.72. The summed E-state index contributed by atoms with van der Waals surface area (Å²) in [6.45, 7) is 4.01. The fourth-order valence-corrected chi connectivity index (χ4v) is 3.15. The molecule has 0 fully saturated rings. The average Bonchev–Trinajstić information content (AvgIpc) is 3.22. The van der Waals surface area contributed by atoms with Crippen molar-refractivity contribution in [2.75, 3.05) is 14.2 Å². The lowest BCUT2D eigenvalue weighted by Crippen LogP contribution is -2.10. The summed E-state index contributed by atoms with van der Waals surface area (Å²) in [7, 11) is 3.07. The van der Waals surface area contributed by atoms with Crippen molar-refractivity contribution in [3.05, 3.63) is 57.7 Å². The van der Waals surface area contributed by atoms with Crippen molar-refractivity contribution in [1.82, 2.24) is 9.97 Å². The molecule has 0 saturated heterocycles. The highest BCUT2D eigenvalue weighted by molar-refractivity contribution is 6.36. The normalized spacial score (nSPS) is 10.2. The maximum absolute atomic E-state index is 12.8. The number of hydrogen-bond acceptors (Lipinski definition) is 7. The Morgan fingerprint density at radius 3 is 2.30 bits per heavy atom. The molecule has 0 spiro atoms. The molecule has 0 aliphatic rings. The van der Waals surface area contributed by atoms with Crippen LogP contribution in [0.15, 0.2) is 35.0 Å². The number of carbonyl (C=O) groups excluding carboxylic acids is 1. The van der Waals surface area contributed by atoms with Crippen molar-refractivity contribution in [1.29, 1.82) is 0 Å². The number of benzene rings is 1. The summed E-state index contributed by atoms with van der Waals surface area (Å²) < 4.78 is 16.2. The first-order chi connectivity index (χ1) is 14.5. The van der Waals surface area contributed by atoms with Gasteiger partial charge in [0, 0.05) is 29.9 Å². The summed E-state index contributed by atoms with van der Waals surface area (Å²) in [6, 6.07) is 5.17. The third-order valence-electron chi connectivity index (χ3n) is 4.07. The van der Waals surface area contributed by atoms with Gasteiger partial charge in [-0.15, -0.1) is 0 Å². The van der Waals surface area contributed by atoms with Gasteiger partial charge in [0.2, 0.25) is 5.89 Å². The summed E-state index contributed by atoms with van der Waals surface area (Å²) in [6.07, 6.45) is 2.81. The van der Waals surface area contributed by atoms with Crippen LogP contribution in [0.2, 0.25) is 10.0 Å². The number of carbonyl (C=O) groups is 1. The molecular formula is C21H23Cl2N3O4. The largest absolute Gasteiger partial charge is 0.493 e. The molecule has 160 valence electrons. The lowest BCUT2D eigenvalue weighted by Gasteiger charge is -2.07. The first-order valence-electron chi connectivity index (χ1n) is 9.21. The van der Waals surface area contributed by atoms with Crippen LogP contribution in [0.5, 0.6) is 11.5 Å². The molecule has 2 aromatic heterocycles. The predicted octanol–water partition coefficient (Wildman–Crippen LogP) is 4.97. The van der Waals surface area contributed by atoms with Crippen molar-refractivity contribution in [2.45, 2.75) is 26.8 Å². The summed E-state index contributed by atoms with van der Waals surface area (Å²) in [5.74, 6) is 1.28. The second-order valence-electron chi connectivity index (χ2n) is 5.75. The van der Waals surface area contributed by atoms with Crippen molar-refractivity contribution in [3.8, 4) is 23.0 Å². The minimum absolute atomic E-state index is 0.0131. The van der Waals surface area contributed by atoms with E-state index >= 15 is 0 Å². The molecule has 0 radical (unpaired) electrons. The summed E-state index contributed by atoms with van der Waals surface area (Å²) >= 11 is 12.2. The Morgan fingerprint density at radius 1 is 1.10 bits per heavy atom. The van der Waals surface area contributed by atoms with Gasteiger partial charge in [-0.05, 0) is 18.2 Å². The second-order valence-corrected chi connectivity index (χ2v) is 6.56. The molecule has 0 amide bonds. The molecule has 3 aromatic rings. The fraction of sp³-hybridized carbons (Fsp3) is 0.286. The molecule has 0 aliphatic heterocycles. The van der Waals surface area contributed by atoms with E-state index in [4.69, 9.17) is 42.8 Å². The van der Waals surface area contributed by atoms with Crippen molar-refractivity contribution in [3.63, 3.8) is 0 Å². The van der Waals surface area contributed by atoms with Gasteiger partial charge in [0.05, 0.1) is 30.8 Å². The molecule has 0 bridgehead atoms. The van der Waals surface area contributed by atoms with Gasteiger partial charge in [0.15, 0.2) is 23.0 Å².